The van der Waals surface area contributed by atoms with Crippen LogP contribution in [0.15, 0.2) is 0 Å². The predicted octanol–water partition coefficient (Wildman–Crippen LogP) is -2.02. The van der Waals surface area contributed by atoms with E-state index in [0.29, 0.717) is 6.42 Å². The Kier molecular flexibility index (Phi) is 18.8. The summed E-state index contributed by atoms with van der Waals surface area (Å²) in [4.78, 5) is 21.4. The van der Waals surface area contributed by atoms with Crippen LogP contribution in [0.1, 0.15) is 60.3 Å². The lowest BCUT2D eigenvalue weighted by atomic mass is 9.96. The molecular weight excluding hydrogens is 478 g/mol. The van der Waals surface area contributed by atoms with E-state index in [9.17, 15) is 35.4 Å². The average Bonchev–Trinajstić information content (AvgIpc) is 2.82. The number of aliphatic hydroxyl groups excluding tert-OH is 8. The first-order valence-electron chi connectivity index (χ1n) is 12.1. The highest BCUT2D eigenvalue weighted by atomic mass is 16.5. The SMILES string of the molecule is C=O.CCC(=O)CC(C)(C)OCC(C)(C)N(C[C@H](O)[C@@H](O)[C@H](O)CCO)C[C@H](O)[C@@H](O)[C@H](O)CCO. The monoisotopic (exact) mass is 527 g/mol. The minimum Gasteiger partial charge on any atom is -0.396 e. The summed E-state index contributed by atoms with van der Waals surface area (Å²) in [5.74, 6) is 0.0347. The molecule has 0 aromatic rings. The Morgan fingerprint density at radius 1 is 0.806 bits per heavy atom. The molecule has 6 atom stereocenters. The zero-order valence-corrected chi connectivity index (χ0v) is 22.3. The quantitative estimate of drug-likeness (QED) is 0.0915. The van der Waals surface area contributed by atoms with Gasteiger partial charge in [0.2, 0.25) is 0 Å². The van der Waals surface area contributed by atoms with Crippen LogP contribution in [0.25, 0.3) is 0 Å². The van der Waals surface area contributed by atoms with Gasteiger partial charge in [0.1, 0.15) is 24.8 Å². The number of Topliss-reactive ketones (excluding diaryl/α,β-unsaturated/α-hetero) is 1. The molecule has 0 fully saturated rings. The topological polar surface area (TPSA) is 208 Å². The maximum Gasteiger partial charge on any atom is 0.135 e. The standard InChI is InChI=1S/C23H47NO10.CH2O/c1-6-15(27)11-23(4,5)34-14-22(2,3)24(12-18(30)20(32)16(28)7-9-25)13-19(31)21(33)17(29)8-10-26;1-2/h16-21,25-26,28-33H,6-14H2,1-5H3;1H2/t16-,17-,18+,19+,20+,21+;/m1./s1. The van der Waals surface area contributed by atoms with Gasteiger partial charge in [-0.05, 0) is 40.5 Å². The molecule has 8 N–H and O–H groups in total. The van der Waals surface area contributed by atoms with Crippen molar-refractivity contribution in [3.05, 3.63) is 0 Å². The van der Waals surface area contributed by atoms with Crippen molar-refractivity contribution in [3.63, 3.8) is 0 Å². The maximum absolute atomic E-state index is 11.9. The summed E-state index contributed by atoms with van der Waals surface area (Å²) in [5.41, 5.74) is -1.67. The number of hydrogen-bond donors (Lipinski definition) is 8. The third-order valence-corrected chi connectivity index (χ3v) is 5.93. The summed E-state index contributed by atoms with van der Waals surface area (Å²) in [5, 5.41) is 79.3. The van der Waals surface area contributed by atoms with Gasteiger partial charge in [0.15, 0.2) is 0 Å². The van der Waals surface area contributed by atoms with Crippen molar-refractivity contribution in [1.82, 2.24) is 4.90 Å². The molecule has 0 aliphatic heterocycles. The van der Waals surface area contributed by atoms with Crippen LogP contribution in [0, 0.1) is 0 Å². The highest BCUT2D eigenvalue weighted by molar-refractivity contribution is 5.78. The van der Waals surface area contributed by atoms with Gasteiger partial charge >= 0.3 is 0 Å². The van der Waals surface area contributed by atoms with Gasteiger partial charge in [-0.3, -0.25) is 9.69 Å². The van der Waals surface area contributed by atoms with E-state index in [4.69, 9.17) is 19.7 Å². The lowest BCUT2D eigenvalue weighted by Crippen LogP contribution is -2.58. The van der Waals surface area contributed by atoms with Gasteiger partial charge in [0.05, 0.1) is 36.6 Å². The zero-order chi connectivity index (χ0) is 28.7. The first-order chi connectivity index (χ1) is 16.6. The molecule has 0 aromatic carbocycles. The number of hydrogen-bond acceptors (Lipinski definition) is 12. The molecule has 216 valence electrons. The molecule has 0 aromatic heterocycles. The number of ketones is 1. The Balaban J connectivity index is 0. The molecule has 0 unspecified atom stereocenters. The lowest BCUT2D eigenvalue weighted by molar-refractivity contribution is -0.134. The Hall–Kier alpha value is -1.06. The molecule has 36 heavy (non-hydrogen) atoms. The van der Waals surface area contributed by atoms with Crippen LogP contribution in [0.2, 0.25) is 0 Å². The minimum absolute atomic E-state index is 0.0347. The molecule has 0 radical (unpaired) electrons. The molecule has 12 nitrogen and oxygen atoms in total. The number of rotatable bonds is 19. The highest BCUT2D eigenvalue weighted by Crippen LogP contribution is 2.24. The molecule has 0 aliphatic carbocycles. The van der Waals surface area contributed by atoms with Gasteiger partial charge in [0, 0.05) is 44.7 Å². The fourth-order valence-electron chi connectivity index (χ4n) is 3.47. The molecule has 12 heteroatoms. The number of carbonyl (C=O) groups is 2. The summed E-state index contributed by atoms with van der Waals surface area (Å²) in [6.45, 7) is 9.61. The molecule has 0 saturated carbocycles. The average molecular weight is 528 g/mol. The van der Waals surface area contributed by atoms with Crippen molar-refractivity contribution in [2.75, 3.05) is 32.9 Å². The van der Waals surface area contributed by atoms with Crippen LogP contribution in [-0.2, 0) is 14.3 Å². The Labute approximate surface area is 214 Å². The molecule has 0 aliphatic rings. The smallest absolute Gasteiger partial charge is 0.135 e. The first kappa shape index (κ1) is 37.1. The van der Waals surface area contributed by atoms with E-state index >= 15 is 0 Å². The maximum atomic E-state index is 11.9. The summed E-state index contributed by atoms with van der Waals surface area (Å²) in [6.07, 6.45) is -8.54. The highest BCUT2D eigenvalue weighted by Gasteiger charge is 2.37. The van der Waals surface area contributed by atoms with E-state index in [2.05, 4.69) is 0 Å². The second kappa shape index (κ2) is 18.2. The molecule has 0 spiro atoms. The van der Waals surface area contributed by atoms with E-state index in [1.165, 1.54) is 0 Å². The van der Waals surface area contributed by atoms with Gasteiger partial charge in [-0.2, -0.15) is 0 Å². The normalized spacial score (nSPS) is 17.5. The van der Waals surface area contributed by atoms with Gasteiger partial charge < -0.3 is 50.4 Å². The number of ether oxygens (including phenoxy) is 1. The third-order valence-electron chi connectivity index (χ3n) is 5.93. The predicted molar refractivity (Wildman–Crippen MR) is 132 cm³/mol. The lowest BCUT2D eigenvalue weighted by Gasteiger charge is -2.43. The van der Waals surface area contributed by atoms with Gasteiger partial charge in [-0.15, -0.1) is 0 Å². The minimum atomic E-state index is -1.58. The van der Waals surface area contributed by atoms with Crippen molar-refractivity contribution in [1.29, 1.82) is 0 Å². The van der Waals surface area contributed by atoms with Crippen LogP contribution >= 0.6 is 0 Å². The Morgan fingerprint density at radius 2 is 1.19 bits per heavy atom. The summed E-state index contributed by atoms with van der Waals surface area (Å²) in [6, 6.07) is 0. The second-order valence-electron chi connectivity index (χ2n) is 10.1. The van der Waals surface area contributed by atoms with Crippen molar-refractivity contribution in [2.45, 2.75) is 108 Å². The molecule has 0 amide bonds. The third kappa shape index (κ3) is 14.0. The summed E-state index contributed by atoms with van der Waals surface area (Å²) >= 11 is 0. The van der Waals surface area contributed by atoms with Gasteiger partial charge in [0.25, 0.3) is 0 Å². The fourth-order valence-corrected chi connectivity index (χ4v) is 3.47. The van der Waals surface area contributed by atoms with Crippen LogP contribution in [-0.4, -0.2) is 139 Å². The van der Waals surface area contributed by atoms with Gasteiger partial charge in [-0.1, -0.05) is 6.92 Å². The van der Waals surface area contributed by atoms with E-state index in [1.54, 1.807) is 39.5 Å². The molecule has 0 bridgehead atoms. The van der Waals surface area contributed by atoms with Crippen molar-refractivity contribution < 1.29 is 55.2 Å². The van der Waals surface area contributed by atoms with Crippen LogP contribution < -0.4 is 0 Å². The van der Waals surface area contributed by atoms with Gasteiger partial charge in [-0.25, -0.2) is 0 Å². The first-order valence-corrected chi connectivity index (χ1v) is 12.1. The van der Waals surface area contributed by atoms with Crippen molar-refractivity contribution in [3.8, 4) is 0 Å². The number of β-amino-alcohol motifs (C(OH)–C–C–N with tert-alkyl or cyclic N) is 2. The largest absolute Gasteiger partial charge is 0.396 e. The van der Waals surface area contributed by atoms with E-state index in [-0.39, 0.29) is 58.0 Å². The molecular formula is C24H49NO11. The van der Waals surface area contributed by atoms with Crippen molar-refractivity contribution in [2.24, 2.45) is 0 Å². The summed E-state index contributed by atoms with van der Waals surface area (Å²) < 4.78 is 5.99. The number of nitrogens with zero attached hydrogens (tertiary/aromatic N) is 1. The zero-order valence-electron chi connectivity index (χ0n) is 22.3. The van der Waals surface area contributed by atoms with E-state index in [1.807, 2.05) is 6.79 Å². The number of carbonyl (C=O) groups excluding carboxylic acids is 2. The Bertz CT molecular complexity index is 564. The summed E-state index contributed by atoms with van der Waals surface area (Å²) in [7, 11) is 0. The molecule has 0 heterocycles. The van der Waals surface area contributed by atoms with Crippen molar-refractivity contribution >= 4 is 12.6 Å². The van der Waals surface area contributed by atoms with Crippen LogP contribution in [0.4, 0.5) is 0 Å². The van der Waals surface area contributed by atoms with Crippen LogP contribution in [0.5, 0.6) is 0 Å². The van der Waals surface area contributed by atoms with Crippen LogP contribution in [0.3, 0.4) is 0 Å². The molecule has 0 rings (SSSR count). The number of aliphatic hydroxyl groups is 8. The molecule has 0 saturated heterocycles. The van der Waals surface area contributed by atoms with E-state index < -0.39 is 47.8 Å². The fraction of sp³-hybridized carbons (Fsp3) is 0.917. The second-order valence-corrected chi connectivity index (χ2v) is 10.1. The Morgan fingerprint density at radius 3 is 1.53 bits per heavy atom. The van der Waals surface area contributed by atoms with E-state index in [0.717, 1.165) is 0 Å².